The fraction of sp³-hybridized carbons (Fsp3) is 0.867. The van der Waals surface area contributed by atoms with Crippen LogP contribution in [0.5, 0.6) is 0 Å². The van der Waals surface area contributed by atoms with E-state index in [9.17, 15) is 9.59 Å². The number of rotatable bonds is 5. The molecule has 6 heteroatoms. The Morgan fingerprint density at radius 1 is 1.29 bits per heavy atom. The molecular formula is C15H29N3O3. The summed E-state index contributed by atoms with van der Waals surface area (Å²) in [6, 6.07) is 0. The van der Waals surface area contributed by atoms with Gasteiger partial charge in [0.05, 0.1) is 0 Å². The monoisotopic (exact) mass is 299 g/mol. The van der Waals surface area contributed by atoms with E-state index in [1.54, 1.807) is 13.8 Å². The van der Waals surface area contributed by atoms with E-state index in [-0.39, 0.29) is 17.7 Å². The van der Waals surface area contributed by atoms with Gasteiger partial charge in [0.1, 0.15) is 5.60 Å². The summed E-state index contributed by atoms with van der Waals surface area (Å²) in [5, 5.41) is 3.29. The molecule has 122 valence electrons. The molecule has 1 unspecified atom stereocenters. The van der Waals surface area contributed by atoms with E-state index in [2.05, 4.69) is 5.32 Å². The lowest BCUT2D eigenvalue weighted by atomic mass is 9.84. The molecule has 0 aromatic rings. The largest absolute Gasteiger partial charge is 0.444 e. The molecule has 0 bridgehead atoms. The van der Waals surface area contributed by atoms with Gasteiger partial charge < -0.3 is 20.7 Å². The zero-order valence-corrected chi connectivity index (χ0v) is 13.6. The fourth-order valence-electron chi connectivity index (χ4n) is 2.75. The zero-order chi connectivity index (χ0) is 16.0. The van der Waals surface area contributed by atoms with Crippen LogP contribution in [-0.2, 0) is 9.53 Å². The quantitative estimate of drug-likeness (QED) is 0.802. The highest BCUT2D eigenvalue weighted by molar-refractivity contribution is 5.79. The van der Waals surface area contributed by atoms with E-state index >= 15 is 0 Å². The molecular weight excluding hydrogens is 270 g/mol. The van der Waals surface area contributed by atoms with Crippen molar-refractivity contribution < 1.29 is 14.3 Å². The van der Waals surface area contributed by atoms with Gasteiger partial charge >= 0.3 is 6.09 Å². The van der Waals surface area contributed by atoms with Gasteiger partial charge in [-0.2, -0.15) is 0 Å². The maximum Gasteiger partial charge on any atom is 0.405 e. The van der Waals surface area contributed by atoms with Crippen LogP contribution in [0.3, 0.4) is 0 Å². The van der Waals surface area contributed by atoms with E-state index < -0.39 is 11.7 Å². The predicted octanol–water partition coefficient (Wildman–Crippen LogP) is 1.34. The highest BCUT2D eigenvalue weighted by atomic mass is 16.6. The number of hydrogen-bond donors (Lipinski definition) is 2. The average molecular weight is 299 g/mol. The summed E-state index contributed by atoms with van der Waals surface area (Å²) in [5.41, 5.74) is 4.37. The second-order valence-electron chi connectivity index (χ2n) is 6.66. The van der Waals surface area contributed by atoms with Crippen molar-refractivity contribution in [3.8, 4) is 0 Å². The molecule has 1 aliphatic heterocycles. The van der Waals surface area contributed by atoms with Gasteiger partial charge in [-0.3, -0.25) is 4.79 Å². The smallest absolute Gasteiger partial charge is 0.405 e. The van der Waals surface area contributed by atoms with Gasteiger partial charge in [0.15, 0.2) is 0 Å². The summed E-state index contributed by atoms with van der Waals surface area (Å²) in [6.45, 7) is 10.9. The van der Waals surface area contributed by atoms with Gasteiger partial charge in [0.2, 0.25) is 5.91 Å². The lowest BCUT2D eigenvalue weighted by Gasteiger charge is -2.33. The normalized spacial score (nSPS) is 18.2. The minimum absolute atomic E-state index is 0.148. The molecule has 6 nitrogen and oxygen atoms in total. The summed E-state index contributed by atoms with van der Waals surface area (Å²) < 4.78 is 5.14. The van der Waals surface area contributed by atoms with Crippen molar-refractivity contribution >= 4 is 12.0 Å². The maximum atomic E-state index is 12.8. The highest BCUT2D eigenvalue weighted by Crippen LogP contribution is 2.27. The van der Waals surface area contributed by atoms with Crippen molar-refractivity contribution in [3.63, 3.8) is 0 Å². The predicted molar refractivity (Wildman–Crippen MR) is 81.8 cm³/mol. The Bertz CT molecular complexity index is 361. The number of nitrogens with two attached hydrogens (primary N) is 1. The van der Waals surface area contributed by atoms with Crippen LogP contribution in [0.25, 0.3) is 0 Å². The van der Waals surface area contributed by atoms with Crippen molar-refractivity contribution in [2.45, 2.75) is 46.1 Å². The van der Waals surface area contributed by atoms with Crippen LogP contribution in [0, 0.1) is 11.8 Å². The minimum atomic E-state index is -0.797. The third-order valence-corrected chi connectivity index (χ3v) is 3.86. The van der Waals surface area contributed by atoms with Crippen molar-refractivity contribution in [1.82, 2.24) is 10.2 Å². The fourth-order valence-corrected chi connectivity index (χ4v) is 2.75. The number of ether oxygens (including phenoxy) is 1. The average Bonchev–Trinajstić information content (AvgIpc) is 2.62. The molecule has 3 N–H and O–H groups in total. The summed E-state index contributed by atoms with van der Waals surface area (Å²) in [4.78, 5) is 25.7. The van der Waals surface area contributed by atoms with Gasteiger partial charge in [-0.05, 0) is 39.2 Å². The van der Waals surface area contributed by atoms with Gasteiger partial charge in [-0.15, -0.1) is 0 Å². The first-order valence-electron chi connectivity index (χ1n) is 7.71. The Labute approximate surface area is 127 Å². The van der Waals surface area contributed by atoms with E-state index in [1.807, 2.05) is 18.7 Å². The molecule has 1 rings (SSSR count). The molecule has 0 aromatic heterocycles. The molecule has 0 spiro atoms. The minimum Gasteiger partial charge on any atom is -0.444 e. The van der Waals surface area contributed by atoms with Crippen LogP contribution < -0.4 is 11.1 Å². The summed E-state index contributed by atoms with van der Waals surface area (Å²) in [7, 11) is 0. The Morgan fingerprint density at radius 3 is 2.52 bits per heavy atom. The van der Waals surface area contributed by atoms with Crippen LogP contribution in [0.4, 0.5) is 4.79 Å². The Kier molecular flexibility index (Phi) is 6.45. The zero-order valence-electron chi connectivity index (χ0n) is 13.6. The van der Waals surface area contributed by atoms with Crippen molar-refractivity contribution in [2.75, 3.05) is 26.2 Å². The Balaban J connectivity index is 2.75. The number of primary amides is 1. The maximum absolute atomic E-state index is 12.8. The molecule has 0 aliphatic carbocycles. The first-order chi connectivity index (χ1) is 9.73. The van der Waals surface area contributed by atoms with Gasteiger partial charge in [0.25, 0.3) is 0 Å². The summed E-state index contributed by atoms with van der Waals surface area (Å²) in [6.07, 6.45) is 0.655. The van der Waals surface area contributed by atoms with E-state index in [1.165, 1.54) is 0 Å². The van der Waals surface area contributed by atoms with Crippen molar-refractivity contribution in [2.24, 2.45) is 17.6 Å². The highest BCUT2D eigenvalue weighted by Gasteiger charge is 2.34. The van der Waals surface area contributed by atoms with Crippen molar-refractivity contribution in [1.29, 1.82) is 0 Å². The van der Waals surface area contributed by atoms with Gasteiger partial charge in [0, 0.05) is 25.6 Å². The van der Waals surface area contributed by atoms with Gasteiger partial charge in [-0.25, -0.2) is 4.79 Å². The molecule has 1 atom stereocenters. The van der Waals surface area contributed by atoms with E-state index in [0.717, 1.165) is 32.6 Å². The summed E-state index contributed by atoms with van der Waals surface area (Å²) >= 11 is 0. The molecule has 1 fully saturated rings. The SMILES string of the molecule is CC(C)C(CC(C)(C)OC(N)=O)C(=O)N1CCCNCC1. The second kappa shape index (κ2) is 7.64. The molecule has 0 radical (unpaired) electrons. The van der Waals surface area contributed by atoms with Gasteiger partial charge in [-0.1, -0.05) is 13.8 Å². The molecule has 21 heavy (non-hydrogen) atoms. The molecule has 0 saturated carbocycles. The number of nitrogens with zero attached hydrogens (tertiary/aromatic N) is 1. The third-order valence-electron chi connectivity index (χ3n) is 3.86. The topological polar surface area (TPSA) is 84.7 Å². The lowest BCUT2D eigenvalue weighted by molar-refractivity contribution is -0.139. The molecule has 1 aliphatic rings. The number of carbonyl (C=O) groups excluding carboxylic acids is 2. The first-order valence-corrected chi connectivity index (χ1v) is 7.71. The number of nitrogens with one attached hydrogen (secondary N) is 1. The Morgan fingerprint density at radius 2 is 1.95 bits per heavy atom. The molecule has 1 heterocycles. The van der Waals surface area contributed by atoms with Crippen LogP contribution in [0.15, 0.2) is 0 Å². The van der Waals surface area contributed by atoms with Crippen LogP contribution >= 0.6 is 0 Å². The summed E-state index contributed by atoms with van der Waals surface area (Å²) in [5.74, 6) is 0.164. The van der Waals surface area contributed by atoms with Crippen LogP contribution in [-0.4, -0.2) is 48.7 Å². The van der Waals surface area contributed by atoms with Crippen LogP contribution in [0.2, 0.25) is 0 Å². The standard InChI is InChI=1S/C15H29N3O3/c1-11(2)12(10-15(3,4)21-14(16)20)13(19)18-8-5-6-17-7-9-18/h11-12,17H,5-10H2,1-4H3,(H2,16,20). The van der Waals surface area contributed by atoms with Crippen LogP contribution in [0.1, 0.15) is 40.5 Å². The van der Waals surface area contributed by atoms with E-state index in [0.29, 0.717) is 6.42 Å². The third kappa shape index (κ3) is 5.91. The number of hydrogen-bond acceptors (Lipinski definition) is 4. The van der Waals surface area contributed by atoms with E-state index in [4.69, 9.17) is 10.5 Å². The molecule has 2 amide bonds. The Hall–Kier alpha value is -1.30. The molecule has 0 aromatic carbocycles. The lowest BCUT2D eigenvalue weighted by Crippen LogP contribution is -2.44. The molecule has 1 saturated heterocycles. The number of carbonyl (C=O) groups is 2. The first kappa shape index (κ1) is 17.8. The van der Waals surface area contributed by atoms with Crippen molar-refractivity contribution in [3.05, 3.63) is 0 Å². The number of amides is 2. The second-order valence-corrected chi connectivity index (χ2v) is 6.66.